The van der Waals surface area contributed by atoms with Gasteiger partial charge in [0.1, 0.15) is 11.6 Å². The van der Waals surface area contributed by atoms with E-state index in [1.807, 2.05) is 0 Å². The predicted octanol–water partition coefficient (Wildman–Crippen LogP) is 0.909. The van der Waals surface area contributed by atoms with Gasteiger partial charge >= 0.3 is 0 Å². The molecule has 3 rings (SSSR count). The fourth-order valence-electron chi connectivity index (χ4n) is 1.63. The average Bonchev–Trinajstić information content (AvgIpc) is 2.94. The maximum atomic E-state index is 11.8. The third-order valence-corrected chi connectivity index (χ3v) is 2.74. The second-order valence-corrected chi connectivity index (χ2v) is 4.37. The molecule has 0 unspecified atom stereocenters. The van der Waals surface area contributed by atoms with Gasteiger partial charge in [0.25, 0.3) is 5.91 Å². The Morgan fingerprint density at radius 1 is 1.61 bits per heavy atom. The van der Waals surface area contributed by atoms with Crippen molar-refractivity contribution in [3.8, 4) is 0 Å². The average molecular weight is 247 g/mol. The van der Waals surface area contributed by atoms with E-state index < -0.39 is 0 Å². The van der Waals surface area contributed by atoms with Crippen molar-refractivity contribution in [3.05, 3.63) is 29.5 Å². The summed E-state index contributed by atoms with van der Waals surface area (Å²) in [7, 11) is 0. The van der Waals surface area contributed by atoms with Gasteiger partial charge < -0.3 is 9.73 Å². The lowest BCUT2D eigenvalue weighted by Crippen LogP contribution is -2.24. The second kappa shape index (κ2) is 4.25. The van der Waals surface area contributed by atoms with Crippen molar-refractivity contribution in [1.82, 2.24) is 25.5 Å². The molecule has 7 heteroatoms. The number of oxazole rings is 1. The largest absolute Gasteiger partial charge is 0.444 e. The molecule has 2 heterocycles. The maximum Gasteiger partial charge on any atom is 0.291 e. The van der Waals surface area contributed by atoms with Crippen LogP contribution in [0.25, 0.3) is 0 Å². The van der Waals surface area contributed by atoms with Crippen molar-refractivity contribution in [2.75, 3.05) is 0 Å². The summed E-state index contributed by atoms with van der Waals surface area (Å²) in [5, 5.41) is 9.35. The summed E-state index contributed by atoms with van der Waals surface area (Å²) in [6.07, 6.45) is 3.84. The molecule has 0 atom stereocenters. The molecule has 0 aliphatic heterocycles. The fourth-order valence-corrected chi connectivity index (χ4v) is 1.63. The van der Waals surface area contributed by atoms with Crippen LogP contribution in [-0.2, 0) is 6.54 Å². The Morgan fingerprint density at radius 2 is 2.44 bits per heavy atom. The quantitative estimate of drug-likeness (QED) is 0.837. The summed E-state index contributed by atoms with van der Waals surface area (Å²) in [5.74, 6) is 2.28. The van der Waals surface area contributed by atoms with E-state index in [0.29, 0.717) is 17.6 Å². The minimum atomic E-state index is -0.325. The van der Waals surface area contributed by atoms with Gasteiger partial charge in [-0.2, -0.15) is 0 Å². The summed E-state index contributed by atoms with van der Waals surface area (Å²) < 4.78 is 5.25. The van der Waals surface area contributed by atoms with Crippen LogP contribution in [0.5, 0.6) is 0 Å². The number of nitrogens with zero attached hydrogens (tertiary/aromatic N) is 3. The van der Waals surface area contributed by atoms with E-state index in [-0.39, 0.29) is 18.3 Å². The van der Waals surface area contributed by atoms with Gasteiger partial charge in [-0.05, 0) is 19.8 Å². The highest BCUT2D eigenvalue weighted by Crippen LogP contribution is 2.37. The number of H-pyrrole nitrogens is 1. The molecule has 1 fully saturated rings. The lowest BCUT2D eigenvalue weighted by molar-refractivity contribution is 0.0937. The Labute approximate surface area is 103 Å². The number of aryl methyl sites for hydroxylation is 1. The third-order valence-electron chi connectivity index (χ3n) is 2.74. The lowest BCUT2D eigenvalue weighted by atomic mass is 10.4. The summed E-state index contributed by atoms with van der Waals surface area (Å²) in [5.41, 5.74) is 0. The van der Waals surface area contributed by atoms with Crippen LogP contribution in [0.4, 0.5) is 0 Å². The number of carbonyl (C=O) groups excluding carboxylic acids is 1. The van der Waals surface area contributed by atoms with Gasteiger partial charge in [0, 0.05) is 5.92 Å². The third kappa shape index (κ3) is 2.24. The first-order valence-corrected chi connectivity index (χ1v) is 5.84. The van der Waals surface area contributed by atoms with Crippen molar-refractivity contribution < 1.29 is 9.21 Å². The SMILES string of the molecule is Cc1cnc(CNC(=O)c2n[nH]c(C3CC3)n2)o1. The van der Waals surface area contributed by atoms with Crippen LogP contribution < -0.4 is 5.32 Å². The first kappa shape index (κ1) is 10.9. The highest BCUT2D eigenvalue weighted by atomic mass is 16.4. The van der Waals surface area contributed by atoms with Gasteiger partial charge in [-0.25, -0.2) is 9.97 Å². The maximum absolute atomic E-state index is 11.8. The molecule has 2 N–H and O–H groups in total. The number of hydrogen-bond acceptors (Lipinski definition) is 5. The van der Waals surface area contributed by atoms with Gasteiger partial charge in [-0.3, -0.25) is 9.89 Å². The van der Waals surface area contributed by atoms with Gasteiger partial charge in [-0.15, -0.1) is 5.10 Å². The lowest BCUT2D eigenvalue weighted by Gasteiger charge is -1.97. The molecule has 94 valence electrons. The Morgan fingerprint density at radius 3 is 3.11 bits per heavy atom. The smallest absolute Gasteiger partial charge is 0.291 e. The molecular weight excluding hydrogens is 234 g/mol. The van der Waals surface area contributed by atoms with Gasteiger partial charge in [0.2, 0.25) is 11.7 Å². The Bertz CT molecular complexity index is 570. The normalized spacial score (nSPS) is 14.7. The minimum Gasteiger partial charge on any atom is -0.444 e. The molecule has 1 amide bonds. The van der Waals surface area contributed by atoms with E-state index in [0.717, 1.165) is 18.7 Å². The fraction of sp³-hybridized carbons (Fsp3) is 0.455. The van der Waals surface area contributed by atoms with E-state index in [1.165, 1.54) is 0 Å². The van der Waals surface area contributed by atoms with Crippen LogP contribution in [0.1, 0.15) is 46.9 Å². The van der Waals surface area contributed by atoms with Crippen LogP contribution >= 0.6 is 0 Å². The van der Waals surface area contributed by atoms with E-state index in [4.69, 9.17) is 4.42 Å². The van der Waals surface area contributed by atoms with Crippen LogP contribution in [-0.4, -0.2) is 26.1 Å². The number of aromatic nitrogens is 4. The molecule has 1 aliphatic carbocycles. The first-order chi connectivity index (χ1) is 8.72. The van der Waals surface area contributed by atoms with E-state index in [1.54, 1.807) is 13.1 Å². The summed E-state index contributed by atoms with van der Waals surface area (Å²) >= 11 is 0. The first-order valence-electron chi connectivity index (χ1n) is 5.84. The van der Waals surface area contributed by atoms with Crippen molar-refractivity contribution in [2.45, 2.75) is 32.2 Å². The van der Waals surface area contributed by atoms with E-state index >= 15 is 0 Å². The van der Waals surface area contributed by atoms with Crippen molar-refractivity contribution >= 4 is 5.91 Å². The number of carbonyl (C=O) groups is 1. The highest BCUT2D eigenvalue weighted by Gasteiger charge is 2.28. The number of aromatic amines is 1. The Balaban J connectivity index is 1.59. The highest BCUT2D eigenvalue weighted by molar-refractivity contribution is 5.90. The molecule has 1 saturated carbocycles. The van der Waals surface area contributed by atoms with Gasteiger partial charge in [0.05, 0.1) is 12.7 Å². The summed E-state index contributed by atoms with van der Waals surface area (Å²) in [6, 6.07) is 0. The van der Waals surface area contributed by atoms with Crippen LogP contribution in [0.3, 0.4) is 0 Å². The molecule has 0 spiro atoms. The second-order valence-electron chi connectivity index (χ2n) is 4.37. The van der Waals surface area contributed by atoms with Crippen molar-refractivity contribution in [2.24, 2.45) is 0 Å². The van der Waals surface area contributed by atoms with Crippen molar-refractivity contribution in [1.29, 1.82) is 0 Å². The predicted molar refractivity (Wildman–Crippen MR) is 60.8 cm³/mol. The van der Waals surface area contributed by atoms with E-state index in [2.05, 4.69) is 25.5 Å². The molecular formula is C11H13N5O2. The molecule has 0 aromatic carbocycles. The van der Waals surface area contributed by atoms with Crippen LogP contribution in [0, 0.1) is 6.92 Å². The summed E-state index contributed by atoms with van der Waals surface area (Å²) in [4.78, 5) is 19.9. The zero-order valence-corrected chi connectivity index (χ0v) is 9.93. The molecule has 0 radical (unpaired) electrons. The number of rotatable bonds is 4. The zero-order chi connectivity index (χ0) is 12.5. The summed E-state index contributed by atoms with van der Waals surface area (Å²) in [6.45, 7) is 2.04. The van der Waals surface area contributed by atoms with Gasteiger partial charge in [0.15, 0.2) is 0 Å². The molecule has 0 saturated heterocycles. The molecule has 2 aromatic heterocycles. The Kier molecular flexibility index (Phi) is 2.58. The topological polar surface area (TPSA) is 96.7 Å². The molecule has 1 aliphatic rings. The zero-order valence-electron chi connectivity index (χ0n) is 9.93. The Hall–Kier alpha value is -2.18. The molecule has 0 bridgehead atoms. The van der Waals surface area contributed by atoms with Crippen LogP contribution in [0.2, 0.25) is 0 Å². The standard InChI is InChI=1S/C11H13N5O2/c1-6-4-12-8(18-6)5-13-11(17)10-14-9(15-16-10)7-2-3-7/h4,7H,2-3,5H2,1H3,(H,13,17)(H,14,15,16). The molecule has 7 nitrogen and oxygen atoms in total. The number of nitrogens with one attached hydrogen (secondary N) is 2. The molecule has 2 aromatic rings. The number of amides is 1. The van der Waals surface area contributed by atoms with Gasteiger partial charge in [-0.1, -0.05) is 0 Å². The molecule has 18 heavy (non-hydrogen) atoms. The van der Waals surface area contributed by atoms with Crippen LogP contribution in [0.15, 0.2) is 10.6 Å². The monoisotopic (exact) mass is 247 g/mol. The minimum absolute atomic E-state index is 0.167. The number of hydrogen-bond donors (Lipinski definition) is 2. The van der Waals surface area contributed by atoms with E-state index in [9.17, 15) is 4.79 Å². The van der Waals surface area contributed by atoms with Crippen molar-refractivity contribution in [3.63, 3.8) is 0 Å².